The van der Waals surface area contributed by atoms with Crippen LogP contribution < -0.4 is 10.6 Å². The van der Waals surface area contributed by atoms with Gasteiger partial charge >= 0.3 is 11.8 Å². The summed E-state index contributed by atoms with van der Waals surface area (Å²) in [6.45, 7) is 0.985. The van der Waals surface area contributed by atoms with Gasteiger partial charge in [-0.2, -0.15) is 0 Å². The molecule has 1 aromatic heterocycles. The Morgan fingerprint density at radius 2 is 1.81 bits per heavy atom. The van der Waals surface area contributed by atoms with Crippen molar-refractivity contribution in [2.75, 3.05) is 13.1 Å². The summed E-state index contributed by atoms with van der Waals surface area (Å²) in [5.41, 5.74) is 3.73. The molecule has 0 aliphatic heterocycles. The first-order valence-corrected chi connectivity index (χ1v) is 9.41. The van der Waals surface area contributed by atoms with Crippen LogP contribution in [0.3, 0.4) is 0 Å². The van der Waals surface area contributed by atoms with Crippen LogP contribution in [0.4, 0.5) is 0 Å². The number of nitrogens with zero attached hydrogens (tertiary/aromatic N) is 1. The third-order valence-corrected chi connectivity index (χ3v) is 4.97. The summed E-state index contributed by atoms with van der Waals surface area (Å²) >= 11 is 0. The monoisotopic (exact) mass is 353 g/mol. The predicted molar refractivity (Wildman–Crippen MR) is 104 cm³/mol. The van der Waals surface area contributed by atoms with Crippen molar-refractivity contribution >= 4 is 22.7 Å². The van der Waals surface area contributed by atoms with E-state index in [0.717, 1.165) is 24.8 Å². The van der Waals surface area contributed by atoms with Crippen molar-refractivity contribution in [2.45, 2.75) is 38.5 Å². The maximum Gasteiger partial charge on any atom is 0.309 e. The van der Waals surface area contributed by atoms with E-state index in [1.807, 2.05) is 13.2 Å². The molecule has 2 N–H and O–H groups in total. The lowest BCUT2D eigenvalue weighted by atomic mass is 9.97. The molecule has 138 valence electrons. The molecule has 1 aromatic carbocycles. The smallest absolute Gasteiger partial charge is 0.309 e. The Hall–Kier alpha value is -2.56. The Morgan fingerprint density at radius 3 is 2.54 bits per heavy atom. The van der Waals surface area contributed by atoms with E-state index >= 15 is 0 Å². The van der Waals surface area contributed by atoms with Gasteiger partial charge < -0.3 is 15.2 Å². The molecule has 0 saturated heterocycles. The van der Waals surface area contributed by atoms with Gasteiger partial charge in [0, 0.05) is 31.9 Å². The van der Waals surface area contributed by atoms with Crippen molar-refractivity contribution in [2.24, 2.45) is 7.05 Å². The minimum Gasteiger partial charge on any atom is -0.351 e. The second-order valence-electron chi connectivity index (χ2n) is 6.94. The number of carbonyl (C=O) groups excluding carboxylic acids is 2. The Morgan fingerprint density at radius 1 is 1.04 bits per heavy atom. The topological polar surface area (TPSA) is 63.1 Å². The fourth-order valence-corrected chi connectivity index (χ4v) is 3.44. The second-order valence-corrected chi connectivity index (χ2v) is 6.94. The summed E-state index contributed by atoms with van der Waals surface area (Å²) in [5, 5.41) is 6.60. The molecule has 0 bridgehead atoms. The van der Waals surface area contributed by atoms with E-state index in [2.05, 4.69) is 45.5 Å². The first-order chi connectivity index (χ1) is 12.6. The van der Waals surface area contributed by atoms with Crippen LogP contribution in [0.15, 0.2) is 42.1 Å². The number of amides is 2. The predicted octanol–water partition coefficient (Wildman–Crippen LogP) is 2.84. The number of hydrogen-bond donors (Lipinski definition) is 2. The normalized spacial score (nSPS) is 14.1. The van der Waals surface area contributed by atoms with E-state index in [9.17, 15) is 9.59 Å². The molecule has 2 amide bonds. The highest BCUT2D eigenvalue weighted by Crippen LogP contribution is 2.19. The molecule has 5 heteroatoms. The Bertz CT molecular complexity index is 820. The van der Waals surface area contributed by atoms with Gasteiger partial charge in [-0.15, -0.1) is 0 Å². The number of benzene rings is 1. The van der Waals surface area contributed by atoms with E-state index in [-0.39, 0.29) is 0 Å². The quantitative estimate of drug-likeness (QED) is 0.620. The first-order valence-electron chi connectivity index (χ1n) is 9.41. The summed E-state index contributed by atoms with van der Waals surface area (Å²) < 4.78 is 2.08. The third-order valence-electron chi connectivity index (χ3n) is 4.97. The molecule has 0 radical (unpaired) electrons. The molecular formula is C21H27N3O2. The summed E-state index contributed by atoms with van der Waals surface area (Å²) in [6, 6.07) is 8.34. The zero-order valence-corrected chi connectivity index (χ0v) is 15.4. The molecule has 0 fully saturated rings. The van der Waals surface area contributed by atoms with Crippen molar-refractivity contribution < 1.29 is 9.59 Å². The summed E-state index contributed by atoms with van der Waals surface area (Å²) in [5.74, 6) is -1.09. The molecule has 0 spiro atoms. The molecule has 0 saturated carbocycles. The van der Waals surface area contributed by atoms with Crippen LogP contribution >= 0.6 is 0 Å². The van der Waals surface area contributed by atoms with Gasteiger partial charge in [-0.1, -0.05) is 17.7 Å². The maximum absolute atomic E-state index is 11.9. The lowest BCUT2D eigenvalue weighted by molar-refractivity contribution is -0.139. The summed E-state index contributed by atoms with van der Waals surface area (Å²) in [6.07, 6.45) is 10.6. The fourth-order valence-electron chi connectivity index (χ4n) is 3.44. The standard InChI is InChI=1S/C21H27N3O2/c1-24-14-11-18-15-17(7-8-19(18)24)10-13-23-21(26)20(25)22-12-9-16-5-3-2-4-6-16/h5,7-8,11,14-15H,2-4,6,9-10,12-13H2,1H3,(H,22,25)(H,23,26). The van der Waals surface area contributed by atoms with E-state index < -0.39 is 11.8 Å². The van der Waals surface area contributed by atoms with Crippen molar-refractivity contribution in [3.8, 4) is 0 Å². The van der Waals surface area contributed by atoms with Crippen LogP contribution in [0.25, 0.3) is 10.9 Å². The third kappa shape index (κ3) is 4.75. The van der Waals surface area contributed by atoms with E-state index in [4.69, 9.17) is 0 Å². The second kappa shape index (κ2) is 8.70. The number of aromatic nitrogens is 1. The van der Waals surface area contributed by atoms with Crippen molar-refractivity contribution in [1.29, 1.82) is 0 Å². The number of hydrogen-bond acceptors (Lipinski definition) is 2. The van der Waals surface area contributed by atoms with Crippen molar-refractivity contribution in [3.63, 3.8) is 0 Å². The number of fused-ring (bicyclic) bond motifs is 1. The SMILES string of the molecule is Cn1ccc2cc(CCNC(=O)C(=O)NCCC3=CCCCC3)ccc21. The number of rotatable bonds is 6. The maximum atomic E-state index is 11.9. The van der Waals surface area contributed by atoms with Crippen LogP contribution in [0, 0.1) is 0 Å². The Labute approximate surface area is 154 Å². The molecule has 0 unspecified atom stereocenters. The van der Waals surface area contributed by atoms with Gasteiger partial charge in [-0.3, -0.25) is 9.59 Å². The van der Waals surface area contributed by atoms with Crippen LogP contribution in [0.5, 0.6) is 0 Å². The molecule has 26 heavy (non-hydrogen) atoms. The zero-order valence-electron chi connectivity index (χ0n) is 15.4. The number of allylic oxidation sites excluding steroid dienone is 1. The average Bonchev–Trinajstić information content (AvgIpc) is 3.03. The molecule has 3 rings (SSSR count). The van der Waals surface area contributed by atoms with Gasteiger partial charge in [0.05, 0.1) is 0 Å². The molecule has 5 nitrogen and oxygen atoms in total. The largest absolute Gasteiger partial charge is 0.351 e. The molecule has 1 aliphatic carbocycles. The van der Waals surface area contributed by atoms with Gasteiger partial charge in [0.15, 0.2) is 0 Å². The minimum absolute atomic E-state index is 0.454. The highest BCUT2D eigenvalue weighted by molar-refractivity contribution is 6.35. The number of nitrogens with one attached hydrogen (secondary N) is 2. The molecule has 0 atom stereocenters. The van der Waals surface area contributed by atoms with Gasteiger partial charge in [-0.05, 0) is 67.7 Å². The van der Waals surface area contributed by atoms with E-state index in [0.29, 0.717) is 19.5 Å². The Balaban J connectivity index is 1.38. The fraction of sp³-hybridized carbons (Fsp3) is 0.429. The summed E-state index contributed by atoms with van der Waals surface area (Å²) in [4.78, 5) is 23.7. The van der Waals surface area contributed by atoms with Gasteiger partial charge in [0.2, 0.25) is 0 Å². The average molecular weight is 353 g/mol. The van der Waals surface area contributed by atoms with Crippen LogP contribution in [0.1, 0.15) is 37.7 Å². The lowest BCUT2D eigenvalue weighted by Gasteiger charge is -2.12. The lowest BCUT2D eigenvalue weighted by Crippen LogP contribution is -2.41. The van der Waals surface area contributed by atoms with Gasteiger partial charge in [0.1, 0.15) is 0 Å². The molecule has 1 heterocycles. The molecule has 1 aliphatic rings. The van der Waals surface area contributed by atoms with Crippen molar-refractivity contribution in [3.05, 3.63) is 47.7 Å². The summed E-state index contributed by atoms with van der Waals surface area (Å²) in [7, 11) is 2.02. The number of aryl methyl sites for hydroxylation is 1. The molecular weight excluding hydrogens is 326 g/mol. The van der Waals surface area contributed by atoms with Gasteiger partial charge in [0.25, 0.3) is 0 Å². The van der Waals surface area contributed by atoms with E-state index in [1.165, 1.54) is 29.3 Å². The minimum atomic E-state index is -0.552. The van der Waals surface area contributed by atoms with E-state index in [1.54, 1.807) is 0 Å². The Kier molecular flexibility index (Phi) is 6.10. The van der Waals surface area contributed by atoms with Crippen LogP contribution in [-0.4, -0.2) is 29.5 Å². The zero-order chi connectivity index (χ0) is 18.4. The van der Waals surface area contributed by atoms with Crippen LogP contribution in [0.2, 0.25) is 0 Å². The van der Waals surface area contributed by atoms with Crippen LogP contribution in [-0.2, 0) is 23.1 Å². The highest BCUT2D eigenvalue weighted by atomic mass is 16.2. The number of carbonyl (C=O) groups is 2. The van der Waals surface area contributed by atoms with Gasteiger partial charge in [-0.25, -0.2) is 0 Å². The highest BCUT2D eigenvalue weighted by Gasteiger charge is 2.12. The molecule has 2 aromatic rings. The van der Waals surface area contributed by atoms with Crippen molar-refractivity contribution in [1.82, 2.24) is 15.2 Å². The first kappa shape index (κ1) is 18.2.